The van der Waals surface area contributed by atoms with Crippen LogP contribution in [0.4, 0.5) is 18.9 Å². The highest BCUT2D eigenvalue weighted by molar-refractivity contribution is 7.92. The summed E-state index contributed by atoms with van der Waals surface area (Å²) in [6.45, 7) is 7.45. The SMILES string of the molecule is Cc1cc(C)cc(CN2CCC3(C2)CN(S(C)(=O)=O)c2cccnc23)c1.O=C(O)C(F)(F)F. The number of aromatic nitrogens is 1. The molecule has 2 aliphatic rings. The van der Waals surface area contributed by atoms with Crippen molar-refractivity contribution in [3.05, 3.63) is 58.9 Å². The summed E-state index contributed by atoms with van der Waals surface area (Å²) in [5, 5.41) is 7.12. The highest BCUT2D eigenvalue weighted by Crippen LogP contribution is 2.46. The number of likely N-dealkylation sites (tertiary alicyclic amines) is 1. The summed E-state index contributed by atoms with van der Waals surface area (Å²) in [5.74, 6) is -2.76. The minimum Gasteiger partial charge on any atom is -0.475 e. The Morgan fingerprint density at radius 1 is 1.18 bits per heavy atom. The summed E-state index contributed by atoms with van der Waals surface area (Å²) < 4.78 is 57.8. The number of carbonyl (C=O) groups is 1. The fourth-order valence-electron chi connectivity index (χ4n) is 4.57. The molecule has 1 N–H and O–H groups in total. The number of anilines is 1. The maximum atomic E-state index is 12.3. The molecule has 1 unspecified atom stereocenters. The number of fused-ring (bicyclic) bond motifs is 2. The molecule has 0 saturated carbocycles. The van der Waals surface area contributed by atoms with Gasteiger partial charge >= 0.3 is 12.1 Å². The minimum absolute atomic E-state index is 0.196. The molecule has 1 spiro atoms. The van der Waals surface area contributed by atoms with Gasteiger partial charge in [-0.2, -0.15) is 13.2 Å². The highest BCUT2D eigenvalue weighted by atomic mass is 32.2. The molecule has 4 rings (SSSR count). The Bertz CT molecular complexity index is 1130. The number of pyridine rings is 1. The fourth-order valence-corrected chi connectivity index (χ4v) is 5.56. The van der Waals surface area contributed by atoms with Crippen LogP contribution in [0.3, 0.4) is 0 Å². The number of sulfonamides is 1. The molecule has 33 heavy (non-hydrogen) atoms. The first-order chi connectivity index (χ1) is 15.2. The molecule has 0 radical (unpaired) electrons. The number of rotatable bonds is 3. The largest absolute Gasteiger partial charge is 0.490 e. The lowest BCUT2D eigenvalue weighted by molar-refractivity contribution is -0.192. The summed E-state index contributed by atoms with van der Waals surface area (Å²) in [6, 6.07) is 10.4. The number of benzene rings is 1. The number of carboxylic acids is 1. The predicted molar refractivity (Wildman–Crippen MR) is 118 cm³/mol. The number of aliphatic carboxylic acids is 1. The topological polar surface area (TPSA) is 90.8 Å². The van der Waals surface area contributed by atoms with Crippen molar-refractivity contribution in [1.29, 1.82) is 0 Å². The van der Waals surface area contributed by atoms with Crippen molar-refractivity contribution in [2.75, 3.05) is 30.2 Å². The van der Waals surface area contributed by atoms with Gasteiger partial charge in [-0.3, -0.25) is 14.2 Å². The molecule has 0 aliphatic carbocycles. The van der Waals surface area contributed by atoms with Crippen molar-refractivity contribution >= 4 is 21.7 Å². The molecule has 7 nitrogen and oxygen atoms in total. The van der Waals surface area contributed by atoms with Crippen molar-refractivity contribution in [1.82, 2.24) is 9.88 Å². The van der Waals surface area contributed by atoms with Crippen molar-refractivity contribution in [3.8, 4) is 0 Å². The molecule has 2 aliphatic heterocycles. The molecule has 11 heteroatoms. The summed E-state index contributed by atoms with van der Waals surface area (Å²) in [6.07, 6.45) is -1.09. The van der Waals surface area contributed by atoms with Crippen LogP contribution >= 0.6 is 0 Å². The Hall–Kier alpha value is -2.66. The third-order valence-corrected chi connectivity index (χ3v) is 6.89. The van der Waals surface area contributed by atoms with Gasteiger partial charge in [-0.05, 0) is 44.5 Å². The summed E-state index contributed by atoms with van der Waals surface area (Å²) in [4.78, 5) is 15.9. The standard InChI is InChI=1S/C20H25N3O2S.C2HF3O2/c1-15-9-16(2)11-17(10-15)12-22-8-6-20(13-22)14-23(26(3,24)25)18-5-4-7-21-19(18)20;3-2(4,5)1(6)7/h4-5,7,9-11H,6,8,12-14H2,1-3H3;(H,6,7). The monoisotopic (exact) mass is 485 g/mol. The first-order valence-corrected chi connectivity index (χ1v) is 12.1. The average Bonchev–Trinajstić information content (AvgIpc) is 3.23. The first kappa shape index (κ1) is 25.0. The van der Waals surface area contributed by atoms with E-state index in [-0.39, 0.29) is 5.41 Å². The smallest absolute Gasteiger partial charge is 0.475 e. The van der Waals surface area contributed by atoms with Crippen LogP contribution in [-0.4, -0.2) is 61.4 Å². The zero-order valence-corrected chi connectivity index (χ0v) is 19.4. The van der Waals surface area contributed by atoms with Gasteiger partial charge in [0, 0.05) is 31.2 Å². The van der Waals surface area contributed by atoms with E-state index >= 15 is 0 Å². The van der Waals surface area contributed by atoms with Crippen LogP contribution in [0.15, 0.2) is 36.5 Å². The van der Waals surface area contributed by atoms with Gasteiger partial charge in [0.05, 0.1) is 17.6 Å². The van der Waals surface area contributed by atoms with Crippen molar-refractivity contribution in [3.63, 3.8) is 0 Å². The summed E-state index contributed by atoms with van der Waals surface area (Å²) in [7, 11) is -3.29. The van der Waals surface area contributed by atoms with Crippen LogP contribution in [0.5, 0.6) is 0 Å². The summed E-state index contributed by atoms with van der Waals surface area (Å²) >= 11 is 0. The molecule has 1 aromatic carbocycles. The third kappa shape index (κ3) is 5.64. The molecule has 180 valence electrons. The van der Waals surface area contributed by atoms with Gasteiger partial charge in [-0.15, -0.1) is 0 Å². The maximum absolute atomic E-state index is 12.3. The van der Waals surface area contributed by atoms with Crippen LogP contribution in [0.1, 0.15) is 28.8 Å². The molecule has 0 amide bonds. The second kappa shape index (κ2) is 8.94. The molecule has 3 heterocycles. The quantitative estimate of drug-likeness (QED) is 0.718. The molecular formula is C22H26F3N3O4S. The van der Waals surface area contributed by atoms with E-state index in [1.807, 2.05) is 12.1 Å². The molecule has 1 fully saturated rings. The molecule has 0 bridgehead atoms. The zero-order chi connectivity index (χ0) is 24.6. The van der Waals surface area contributed by atoms with Crippen molar-refractivity contribution < 1.29 is 31.5 Å². The average molecular weight is 486 g/mol. The van der Waals surface area contributed by atoms with E-state index in [0.29, 0.717) is 6.54 Å². The number of hydrogen-bond acceptors (Lipinski definition) is 5. The van der Waals surface area contributed by atoms with Crippen LogP contribution in [-0.2, 0) is 26.8 Å². The zero-order valence-electron chi connectivity index (χ0n) is 18.6. The number of halogens is 3. The first-order valence-electron chi connectivity index (χ1n) is 10.2. The number of nitrogens with zero attached hydrogens (tertiary/aromatic N) is 3. The fraction of sp³-hybridized carbons (Fsp3) is 0.455. The van der Waals surface area contributed by atoms with Gasteiger partial charge < -0.3 is 5.11 Å². The van der Waals surface area contributed by atoms with E-state index in [4.69, 9.17) is 9.90 Å². The van der Waals surface area contributed by atoms with E-state index in [0.717, 1.165) is 37.4 Å². The van der Waals surface area contributed by atoms with Crippen LogP contribution < -0.4 is 4.31 Å². The Morgan fingerprint density at radius 3 is 2.33 bits per heavy atom. The van der Waals surface area contributed by atoms with E-state index in [9.17, 15) is 21.6 Å². The number of hydrogen-bond donors (Lipinski definition) is 1. The lowest BCUT2D eigenvalue weighted by Crippen LogP contribution is -2.38. The van der Waals surface area contributed by atoms with E-state index in [2.05, 4.69) is 41.9 Å². The lowest BCUT2D eigenvalue weighted by Gasteiger charge is -2.25. The van der Waals surface area contributed by atoms with E-state index < -0.39 is 22.2 Å². The Kier molecular flexibility index (Phi) is 6.77. The Labute approximate surface area is 190 Å². The van der Waals surface area contributed by atoms with Gasteiger partial charge in [0.2, 0.25) is 10.0 Å². The number of carboxylic acid groups (broad SMARTS) is 1. The van der Waals surface area contributed by atoms with E-state index in [1.165, 1.54) is 27.3 Å². The number of alkyl halides is 3. The van der Waals surface area contributed by atoms with Crippen LogP contribution in [0.2, 0.25) is 0 Å². The van der Waals surface area contributed by atoms with Gasteiger partial charge in [-0.1, -0.05) is 29.3 Å². The van der Waals surface area contributed by atoms with E-state index in [1.54, 1.807) is 6.20 Å². The Morgan fingerprint density at radius 2 is 1.79 bits per heavy atom. The maximum Gasteiger partial charge on any atom is 0.490 e. The molecule has 2 aromatic rings. The second-order valence-electron chi connectivity index (χ2n) is 8.68. The van der Waals surface area contributed by atoms with Gasteiger partial charge in [0.25, 0.3) is 0 Å². The molecule has 1 aromatic heterocycles. The molecular weight excluding hydrogens is 459 g/mol. The Balaban J connectivity index is 0.000000383. The van der Waals surface area contributed by atoms with Gasteiger partial charge in [0.15, 0.2) is 0 Å². The molecule has 1 atom stereocenters. The second-order valence-corrected chi connectivity index (χ2v) is 10.6. The normalized spacial score (nSPS) is 20.5. The highest BCUT2D eigenvalue weighted by Gasteiger charge is 2.50. The van der Waals surface area contributed by atoms with Crippen molar-refractivity contribution in [2.24, 2.45) is 0 Å². The number of aryl methyl sites for hydroxylation is 2. The minimum atomic E-state index is -5.08. The van der Waals surface area contributed by atoms with Gasteiger partial charge in [-0.25, -0.2) is 13.2 Å². The lowest BCUT2D eigenvalue weighted by atomic mass is 9.85. The van der Waals surface area contributed by atoms with Crippen LogP contribution in [0, 0.1) is 13.8 Å². The van der Waals surface area contributed by atoms with Crippen molar-refractivity contribution in [2.45, 2.75) is 38.4 Å². The molecule has 1 saturated heterocycles. The summed E-state index contributed by atoms with van der Waals surface area (Å²) in [5.41, 5.74) is 5.38. The third-order valence-electron chi connectivity index (χ3n) is 5.77. The predicted octanol–water partition coefficient (Wildman–Crippen LogP) is 3.26. The van der Waals surface area contributed by atoms with Gasteiger partial charge in [0.1, 0.15) is 0 Å². The van der Waals surface area contributed by atoms with Crippen LogP contribution in [0.25, 0.3) is 0 Å².